The molecule has 79 heavy (non-hydrogen) atoms. The minimum absolute atomic E-state index is 0.00635. The summed E-state index contributed by atoms with van der Waals surface area (Å²) < 4.78 is 81.2. The third kappa shape index (κ3) is 22.2. The number of benzene rings is 2. The highest BCUT2D eigenvalue weighted by molar-refractivity contribution is 5.81. The molecule has 7 rings (SSSR count). The number of cyclic esters (lactones) is 10. The van der Waals surface area contributed by atoms with Gasteiger partial charge in [0, 0.05) is 27.0 Å². The monoisotopic (exact) mass is 1130 g/mol. The summed E-state index contributed by atoms with van der Waals surface area (Å²) in [7, 11) is 6.20. The van der Waals surface area contributed by atoms with Crippen molar-refractivity contribution >= 4 is 60.5 Å². The summed E-state index contributed by atoms with van der Waals surface area (Å²) in [5.41, 5.74) is 4.35. The van der Waals surface area contributed by atoms with Crippen LogP contribution in [0.4, 0.5) is 45.8 Å². The second kappa shape index (κ2) is 36.1. The molecule has 0 bridgehead atoms. The van der Waals surface area contributed by atoms with Crippen LogP contribution in [-0.2, 0) is 80.6 Å². The van der Waals surface area contributed by atoms with E-state index in [1.54, 1.807) is 21.3 Å². The van der Waals surface area contributed by atoms with Gasteiger partial charge < -0.3 is 90.5 Å². The molecule has 444 valence electrons. The Labute approximate surface area is 461 Å². The number of carbonyl (C=O) groups is 7. The number of anilines is 3. The van der Waals surface area contributed by atoms with E-state index in [0.717, 1.165) is 35.2 Å². The van der Waals surface area contributed by atoms with Crippen LogP contribution in [0.2, 0.25) is 0 Å². The standard InChI is InChI=1S/C37H41N3O18.C6H12O3.C6H14O2.2C2H6/c1-21-9-22(3-5-29(21)38(7-8-48-32(41)47-2)11-24-16-49-33(42)54-24)23-4-6-30(39(12-25-17-50-34(43)55-25)13-26-18-51-35(44)56-26)31(10-23)40(14-27-19-52-36(45)57-27)15-28-20-53-37(46)58-28;1-3-6(8-2)4-9-5-7;1-4-6(8-3)5-7-2;2*1-2/h3-6,9-10,24-28H,7-8,11-20H2,1-2H3;5-6H,3-4H2,1-2H3;6H,4-5H2,1-3H3;2*1-2H3. The lowest BCUT2D eigenvalue weighted by Gasteiger charge is -2.35. The van der Waals surface area contributed by atoms with Crippen LogP contribution in [0.3, 0.4) is 0 Å². The number of aryl methyl sites for hydroxylation is 1. The van der Waals surface area contributed by atoms with Crippen molar-refractivity contribution in [1.82, 2.24) is 0 Å². The summed E-state index contributed by atoms with van der Waals surface area (Å²) in [6.45, 7) is 16.5. The summed E-state index contributed by atoms with van der Waals surface area (Å²) in [6, 6.07) is 11.4. The van der Waals surface area contributed by atoms with Crippen molar-refractivity contribution in [3.63, 3.8) is 0 Å². The molecule has 0 saturated carbocycles. The molecule has 7 atom stereocenters. The molecule has 5 heterocycles. The molecule has 0 aliphatic carbocycles. The molecule has 5 aliphatic rings. The number of rotatable bonds is 26. The molecule has 26 nitrogen and oxygen atoms in total. The fraction of sp³-hybridized carbons (Fsp3) is 0.642. The van der Waals surface area contributed by atoms with Crippen LogP contribution in [0.1, 0.15) is 59.9 Å². The van der Waals surface area contributed by atoms with Gasteiger partial charge in [-0.25, -0.2) is 28.8 Å². The average Bonchev–Trinajstić information content (AvgIpc) is 4.36. The van der Waals surface area contributed by atoms with Gasteiger partial charge in [0.1, 0.15) is 46.2 Å². The molecule has 0 radical (unpaired) electrons. The quantitative estimate of drug-likeness (QED) is 0.0510. The second-order valence-corrected chi connectivity index (χ2v) is 17.2. The lowest BCUT2D eigenvalue weighted by Crippen LogP contribution is -2.43. The first-order valence-electron chi connectivity index (χ1n) is 26.2. The molecule has 7 unspecified atom stereocenters. The van der Waals surface area contributed by atoms with Crippen molar-refractivity contribution in [2.45, 2.75) is 104 Å². The first-order chi connectivity index (χ1) is 38.2. The zero-order chi connectivity index (χ0) is 58.3. The van der Waals surface area contributed by atoms with E-state index in [2.05, 4.69) is 16.4 Å². The van der Waals surface area contributed by atoms with E-state index in [0.29, 0.717) is 31.1 Å². The molecule has 5 fully saturated rings. The summed E-state index contributed by atoms with van der Waals surface area (Å²) in [4.78, 5) is 86.6. The molecule has 5 aliphatic heterocycles. The predicted octanol–water partition coefficient (Wildman–Crippen LogP) is 7.24. The Morgan fingerprint density at radius 3 is 1.27 bits per heavy atom. The van der Waals surface area contributed by atoms with Gasteiger partial charge in [0.25, 0.3) is 6.47 Å². The fourth-order valence-electron chi connectivity index (χ4n) is 8.11. The normalized spacial score (nSPS) is 20.0. The summed E-state index contributed by atoms with van der Waals surface area (Å²) in [5, 5.41) is 0. The molecular formula is C53H79N3O23. The topological polar surface area (TPSA) is 277 Å². The Kier molecular flexibility index (Phi) is 30.2. The number of hydrogen-bond acceptors (Lipinski definition) is 26. The van der Waals surface area contributed by atoms with Crippen LogP contribution in [0, 0.1) is 6.92 Å². The number of ether oxygens (including phenoxy) is 16. The van der Waals surface area contributed by atoms with Gasteiger partial charge in [0.05, 0.1) is 76.6 Å². The zero-order valence-corrected chi connectivity index (χ0v) is 47.1. The van der Waals surface area contributed by atoms with Crippen molar-refractivity contribution in [2.24, 2.45) is 0 Å². The first kappa shape index (κ1) is 66.1. The van der Waals surface area contributed by atoms with Crippen LogP contribution in [0.25, 0.3) is 11.1 Å². The number of carbonyl (C=O) groups excluding carboxylic acids is 7. The molecule has 0 N–H and O–H groups in total. The van der Waals surface area contributed by atoms with Gasteiger partial charge >= 0.3 is 36.9 Å². The van der Waals surface area contributed by atoms with Crippen LogP contribution in [0.5, 0.6) is 0 Å². The van der Waals surface area contributed by atoms with Gasteiger partial charge in [-0.05, 0) is 60.7 Å². The molecule has 0 spiro atoms. The van der Waals surface area contributed by atoms with Crippen molar-refractivity contribution in [3.05, 3.63) is 42.0 Å². The fourth-order valence-corrected chi connectivity index (χ4v) is 8.11. The maximum Gasteiger partial charge on any atom is 0.508 e. The summed E-state index contributed by atoms with van der Waals surface area (Å²) >= 11 is 0. The Morgan fingerprint density at radius 1 is 0.557 bits per heavy atom. The molecule has 2 aromatic rings. The molecule has 26 heteroatoms. The Hall–Kier alpha value is -7.19. The van der Waals surface area contributed by atoms with Crippen LogP contribution >= 0.6 is 0 Å². The van der Waals surface area contributed by atoms with Gasteiger partial charge in [-0.15, -0.1) is 0 Å². The van der Waals surface area contributed by atoms with E-state index in [1.807, 2.05) is 92.6 Å². The smallest absolute Gasteiger partial charge is 0.465 e. The van der Waals surface area contributed by atoms with Gasteiger partial charge in [0.15, 0.2) is 30.5 Å². The van der Waals surface area contributed by atoms with E-state index in [9.17, 15) is 33.6 Å². The molecule has 5 saturated heterocycles. The minimum Gasteiger partial charge on any atom is -0.465 e. The predicted molar refractivity (Wildman–Crippen MR) is 281 cm³/mol. The first-order valence-corrected chi connectivity index (χ1v) is 26.2. The van der Waals surface area contributed by atoms with E-state index in [1.165, 1.54) is 7.11 Å². The van der Waals surface area contributed by atoms with Gasteiger partial charge in [-0.1, -0.05) is 53.7 Å². The van der Waals surface area contributed by atoms with Gasteiger partial charge in [0.2, 0.25) is 0 Å². The van der Waals surface area contributed by atoms with E-state index in [4.69, 9.17) is 66.3 Å². The number of methoxy groups -OCH3 is 4. The highest BCUT2D eigenvalue weighted by atomic mass is 16.8. The minimum atomic E-state index is -0.832. The molecule has 2 aromatic carbocycles. The highest BCUT2D eigenvalue weighted by Gasteiger charge is 2.37. The second-order valence-electron chi connectivity index (χ2n) is 17.2. The summed E-state index contributed by atoms with van der Waals surface area (Å²) in [6.07, 6.45) is -5.91. The van der Waals surface area contributed by atoms with Crippen molar-refractivity contribution in [1.29, 1.82) is 0 Å². The molecule has 0 amide bonds. The van der Waals surface area contributed by atoms with Gasteiger partial charge in [-0.3, -0.25) is 4.79 Å². The summed E-state index contributed by atoms with van der Waals surface area (Å²) in [5.74, 6) is 0. The lowest BCUT2D eigenvalue weighted by atomic mass is 9.99. The maximum absolute atomic E-state index is 12.0. The van der Waals surface area contributed by atoms with Crippen LogP contribution < -0.4 is 14.7 Å². The molecular weight excluding hydrogens is 1050 g/mol. The lowest BCUT2D eigenvalue weighted by molar-refractivity contribution is -0.132. The number of hydrogen-bond donors (Lipinski definition) is 0. The van der Waals surface area contributed by atoms with Crippen LogP contribution in [0.15, 0.2) is 36.4 Å². The van der Waals surface area contributed by atoms with Gasteiger partial charge in [-0.2, -0.15) is 0 Å². The largest absolute Gasteiger partial charge is 0.508 e. The van der Waals surface area contributed by atoms with E-state index < -0.39 is 67.5 Å². The van der Waals surface area contributed by atoms with E-state index in [-0.39, 0.29) is 91.1 Å². The maximum atomic E-state index is 12.0. The Balaban J connectivity index is 0.000000666. The Bertz CT molecular complexity index is 2140. The average molecular weight is 1130 g/mol. The third-order valence-electron chi connectivity index (χ3n) is 11.9. The third-order valence-corrected chi connectivity index (χ3v) is 11.9. The van der Waals surface area contributed by atoms with Crippen molar-refractivity contribution in [3.8, 4) is 11.1 Å². The van der Waals surface area contributed by atoms with Crippen molar-refractivity contribution in [2.75, 3.05) is 135 Å². The Morgan fingerprint density at radius 2 is 0.937 bits per heavy atom. The van der Waals surface area contributed by atoms with E-state index >= 15 is 0 Å². The van der Waals surface area contributed by atoms with Crippen LogP contribution in [-0.4, -0.2) is 207 Å². The number of nitrogens with zero attached hydrogens (tertiary/aromatic N) is 3. The zero-order valence-electron chi connectivity index (χ0n) is 47.1. The molecule has 0 aromatic heterocycles. The van der Waals surface area contributed by atoms with Crippen molar-refractivity contribution < 1.29 is 109 Å². The SMILES string of the molecule is CC.CC.CCC(COC)OC.CCC(COC=O)OC.COC(=O)OCCN(CC1COC(=O)O1)c1ccc(-c2ccc(N(CC3COC(=O)O3)CC3COC(=O)O3)c(N(CC3COC(=O)O3)CC3COC(=O)O3)c2)cc1C. The highest BCUT2D eigenvalue weighted by Crippen LogP contribution is 2.38.